The summed E-state index contributed by atoms with van der Waals surface area (Å²) >= 11 is 0. The van der Waals surface area contributed by atoms with E-state index in [1.165, 1.54) is 0 Å². The number of ether oxygens (including phenoxy) is 6. The summed E-state index contributed by atoms with van der Waals surface area (Å²) in [6.45, 7) is 1.72. The molecule has 0 aromatic heterocycles. The van der Waals surface area contributed by atoms with E-state index in [-0.39, 0.29) is 11.5 Å². The molecule has 186 valence electrons. The van der Waals surface area contributed by atoms with Gasteiger partial charge in [0.2, 0.25) is 5.78 Å². The van der Waals surface area contributed by atoms with E-state index < -0.39 is 0 Å². The summed E-state index contributed by atoms with van der Waals surface area (Å²) in [5.74, 6) is 3.65. The monoisotopic (exact) mass is 489 g/mol. The molecule has 0 saturated heterocycles. The highest BCUT2D eigenvalue weighted by molar-refractivity contribution is 6.15. The Morgan fingerprint density at radius 2 is 1.61 bits per heavy atom. The van der Waals surface area contributed by atoms with Gasteiger partial charge in [-0.25, -0.2) is 0 Å². The summed E-state index contributed by atoms with van der Waals surface area (Å²) < 4.78 is 33.7. The summed E-state index contributed by atoms with van der Waals surface area (Å²) in [6, 6.07) is 15.0. The number of carbonyl (C=O) groups excluding carboxylic acids is 1. The summed E-state index contributed by atoms with van der Waals surface area (Å²) in [7, 11) is 6.31. The second-order valence-corrected chi connectivity index (χ2v) is 8.42. The van der Waals surface area contributed by atoms with Crippen LogP contribution >= 0.6 is 0 Å². The van der Waals surface area contributed by atoms with Crippen molar-refractivity contribution in [2.45, 2.75) is 13.1 Å². The highest BCUT2D eigenvalue weighted by atomic mass is 16.5. The molecule has 0 aliphatic carbocycles. The van der Waals surface area contributed by atoms with E-state index in [2.05, 4.69) is 4.90 Å². The molecule has 0 amide bonds. The van der Waals surface area contributed by atoms with Crippen molar-refractivity contribution in [3.63, 3.8) is 0 Å². The van der Waals surface area contributed by atoms with Gasteiger partial charge in [-0.1, -0.05) is 12.1 Å². The van der Waals surface area contributed by atoms with Crippen LogP contribution in [0.4, 0.5) is 0 Å². The van der Waals surface area contributed by atoms with Crippen molar-refractivity contribution < 1.29 is 33.2 Å². The Labute approximate surface area is 209 Å². The van der Waals surface area contributed by atoms with Crippen LogP contribution in [0.2, 0.25) is 0 Å². The maximum absolute atomic E-state index is 13.2. The number of carbonyl (C=O) groups is 1. The first-order valence-electron chi connectivity index (χ1n) is 11.4. The van der Waals surface area contributed by atoms with Crippen molar-refractivity contribution in [3.05, 3.63) is 76.5 Å². The topological polar surface area (TPSA) is 75.7 Å². The smallest absolute Gasteiger partial charge is 0.231 e. The second-order valence-electron chi connectivity index (χ2n) is 8.42. The van der Waals surface area contributed by atoms with E-state index in [1.54, 1.807) is 52.7 Å². The maximum atomic E-state index is 13.2. The van der Waals surface area contributed by atoms with E-state index in [1.807, 2.05) is 30.3 Å². The van der Waals surface area contributed by atoms with Gasteiger partial charge in [0.15, 0.2) is 17.3 Å². The minimum absolute atomic E-state index is 0.197. The lowest BCUT2D eigenvalue weighted by Gasteiger charge is -2.29. The van der Waals surface area contributed by atoms with Gasteiger partial charge in [-0.15, -0.1) is 0 Å². The molecule has 0 spiro atoms. The summed E-state index contributed by atoms with van der Waals surface area (Å²) in [5.41, 5.74) is 3.13. The number of ketones is 1. The lowest BCUT2D eigenvalue weighted by Crippen LogP contribution is -2.31. The Morgan fingerprint density at radius 1 is 0.889 bits per heavy atom. The summed E-state index contributed by atoms with van der Waals surface area (Å²) in [6.07, 6.45) is 1.66. The van der Waals surface area contributed by atoms with Crippen molar-refractivity contribution in [1.82, 2.24) is 4.90 Å². The molecule has 2 aliphatic rings. The lowest BCUT2D eigenvalue weighted by atomic mass is 10.0. The molecular weight excluding hydrogens is 462 g/mol. The molecule has 0 fully saturated rings. The van der Waals surface area contributed by atoms with Crippen LogP contribution in [-0.4, -0.2) is 45.9 Å². The van der Waals surface area contributed by atoms with Crippen LogP contribution in [-0.2, 0) is 13.1 Å². The molecule has 36 heavy (non-hydrogen) atoms. The van der Waals surface area contributed by atoms with Gasteiger partial charge < -0.3 is 28.4 Å². The first-order valence-corrected chi connectivity index (χ1v) is 11.4. The SMILES string of the molecule is COc1ccc(CN2COc3ccc4c(c3C2)O/C(=C\c2cc(OC)c(OC)cc2OC)C4=O)cc1. The van der Waals surface area contributed by atoms with Gasteiger partial charge in [0.05, 0.1) is 39.6 Å². The van der Waals surface area contributed by atoms with Crippen LogP contribution in [0.15, 0.2) is 54.3 Å². The average molecular weight is 490 g/mol. The number of hydrogen-bond donors (Lipinski definition) is 0. The number of hydrogen-bond acceptors (Lipinski definition) is 8. The van der Waals surface area contributed by atoms with Crippen molar-refractivity contribution in [1.29, 1.82) is 0 Å². The molecule has 3 aromatic carbocycles. The molecule has 0 bridgehead atoms. The summed E-state index contributed by atoms with van der Waals surface area (Å²) in [4.78, 5) is 15.4. The van der Waals surface area contributed by atoms with Gasteiger partial charge in [-0.05, 0) is 42.0 Å². The number of fused-ring (bicyclic) bond motifs is 3. The molecular formula is C28H27NO7. The first kappa shape index (κ1) is 23.6. The Morgan fingerprint density at radius 3 is 2.31 bits per heavy atom. The van der Waals surface area contributed by atoms with E-state index in [0.717, 1.165) is 22.6 Å². The number of methoxy groups -OCH3 is 4. The third-order valence-corrected chi connectivity index (χ3v) is 6.27. The predicted octanol–water partition coefficient (Wildman–Crippen LogP) is 4.69. The van der Waals surface area contributed by atoms with Crippen molar-refractivity contribution in [2.75, 3.05) is 35.2 Å². The Hall–Kier alpha value is -4.17. The third-order valence-electron chi connectivity index (χ3n) is 6.27. The van der Waals surface area contributed by atoms with Gasteiger partial charge in [0.1, 0.15) is 29.7 Å². The molecule has 3 aromatic rings. The number of allylic oxidation sites excluding steroid dienone is 1. The number of rotatable bonds is 7. The first-order chi connectivity index (χ1) is 17.5. The fourth-order valence-corrected chi connectivity index (χ4v) is 4.40. The number of benzene rings is 3. The zero-order chi connectivity index (χ0) is 25.2. The van der Waals surface area contributed by atoms with E-state index in [0.29, 0.717) is 53.9 Å². The minimum Gasteiger partial charge on any atom is -0.497 e. The van der Waals surface area contributed by atoms with Gasteiger partial charge in [0, 0.05) is 24.7 Å². The maximum Gasteiger partial charge on any atom is 0.231 e. The Balaban J connectivity index is 1.42. The van der Waals surface area contributed by atoms with Crippen LogP contribution in [0.3, 0.4) is 0 Å². The minimum atomic E-state index is -0.197. The molecule has 0 radical (unpaired) electrons. The van der Waals surface area contributed by atoms with E-state index >= 15 is 0 Å². The molecule has 2 aliphatic heterocycles. The van der Waals surface area contributed by atoms with Crippen LogP contribution in [0.1, 0.15) is 27.0 Å². The predicted molar refractivity (Wildman–Crippen MR) is 133 cm³/mol. The van der Waals surface area contributed by atoms with Gasteiger partial charge >= 0.3 is 0 Å². The molecule has 0 unspecified atom stereocenters. The van der Waals surface area contributed by atoms with Crippen LogP contribution in [0.5, 0.6) is 34.5 Å². The zero-order valence-electron chi connectivity index (χ0n) is 20.6. The Kier molecular flexibility index (Phi) is 6.43. The molecule has 0 atom stereocenters. The number of nitrogens with zero attached hydrogens (tertiary/aromatic N) is 1. The average Bonchev–Trinajstić information content (AvgIpc) is 3.24. The van der Waals surface area contributed by atoms with Crippen molar-refractivity contribution >= 4 is 11.9 Å². The van der Waals surface area contributed by atoms with Crippen LogP contribution in [0.25, 0.3) is 6.08 Å². The number of Topliss-reactive ketones (excluding diaryl/α,β-unsaturated/α-hetero) is 1. The van der Waals surface area contributed by atoms with Crippen LogP contribution < -0.4 is 28.4 Å². The van der Waals surface area contributed by atoms with E-state index in [4.69, 9.17) is 28.4 Å². The molecule has 2 heterocycles. The van der Waals surface area contributed by atoms with E-state index in [9.17, 15) is 4.79 Å². The molecule has 5 rings (SSSR count). The highest BCUT2D eigenvalue weighted by Gasteiger charge is 2.34. The zero-order valence-corrected chi connectivity index (χ0v) is 20.6. The quantitative estimate of drug-likeness (QED) is 0.443. The normalized spacial score (nSPS) is 15.6. The van der Waals surface area contributed by atoms with Gasteiger partial charge in [-0.3, -0.25) is 9.69 Å². The van der Waals surface area contributed by atoms with Gasteiger partial charge in [-0.2, -0.15) is 0 Å². The third kappa shape index (κ3) is 4.31. The fraction of sp³-hybridized carbons (Fsp3) is 0.250. The van der Waals surface area contributed by atoms with Crippen molar-refractivity contribution in [3.8, 4) is 34.5 Å². The summed E-state index contributed by atoms with van der Waals surface area (Å²) in [5, 5.41) is 0. The largest absolute Gasteiger partial charge is 0.497 e. The van der Waals surface area contributed by atoms with Crippen molar-refractivity contribution in [2.24, 2.45) is 0 Å². The fourth-order valence-electron chi connectivity index (χ4n) is 4.40. The molecule has 0 saturated carbocycles. The second kappa shape index (κ2) is 9.83. The molecule has 8 heteroatoms. The highest BCUT2D eigenvalue weighted by Crippen LogP contribution is 2.43. The Bertz CT molecular complexity index is 1330. The van der Waals surface area contributed by atoms with Crippen LogP contribution in [0, 0.1) is 0 Å². The molecule has 0 N–H and O–H groups in total. The van der Waals surface area contributed by atoms with Gasteiger partial charge in [0.25, 0.3) is 0 Å². The standard InChI is InChI=1S/C28H27NO7/c1-31-19-7-5-17(6-8-19)14-29-15-21-22(35-16-29)10-9-20-27(30)26(36-28(20)21)12-18-11-24(33-3)25(34-4)13-23(18)32-2/h5-13H,14-16H2,1-4H3/b26-12-. The lowest BCUT2D eigenvalue weighted by molar-refractivity contribution is 0.0872. The molecule has 8 nitrogen and oxygen atoms in total.